The van der Waals surface area contributed by atoms with Gasteiger partial charge in [-0.05, 0) is 63.0 Å². The van der Waals surface area contributed by atoms with Crippen LogP contribution in [0.3, 0.4) is 0 Å². The highest BCUT2D eigenvalue weighted by Gasteiger charge is 2.33. The van der Waals surface area contributed by atoms with Gasteiger partial charge < -0.3 is 9.15 Å². The van der Waals surface area contributed by atoms with Gasteiger partial charge in [-0.2, -0.15) is 0 Å². The molecule has 2 atom stereocenters. The number of fused-ring (bicyclic) bond motifs is 1. The topological polar surface area (TPSA) is 51.4 Å². The maximum atomic E-state index is 6.10. The Kier molecular flexibility index (Phi) is 4.52. The van der Waals surface area contributed by atoms with E-state index in [9.17, 15) is 0 Å². The van der Waals surface area contributed by atoms with Gasteiger partial charge in [0, 0.05) is 24.4 Å². The Bertz CT molecular complexity index is 666. The highest BCUT2D eigenvalue weighted by Crippen LogP contribution is 2.31. The van der Waals surface area contributed by atoms with Crippen LogP contribution < -0.4 is 4.74 Å². The third-order valence-corrected chi connectivity index (χ3v) is 5.32. The number of hydrogen-bond acceptors (Lipinski definition) is 5. The van der Waals surface area contributed by atoms with Gasteiger partial charge in [0.15, 0.2) is 0 Å². The van der Waals surface area contributed by atoms with Crippen molar-refractivity contribution in [2.45, 2.75) is 45.1 Å². The quantitative estimate of drug-likeness (QED) is 0.857. The van der Waals surface area contributed by atoms with E-state index >= 15 is 0 Å². The molecule has 24 heavy (non-hydrogen) atoms. The average Bonchev–Trinajstić information content (AvgIpc) is 3.07. The zero-order chi connectivity index (χ0) is 16.4. The van der Waals surface area contributed by atoms with E-state index in [1.165, 1.54) is 45.2 Å². The van der Waals surface area contributed by atoms with Crippen molar-refractivity contribution >= 4 is 0 Å². The maximum Gasteiger partial charge on any atom is 0.247 e. The Morgan fingerprint density at radius 3 is 2.71 bits per heavy atom. The summed E-state index contributed by atoms with van der Waals surface area (Å²) in [4.78, 5) is 2.68. The van der Waals surface area contributed by atoms with Crippen molar-refractivity contribution in [3.63, 3.8) is 0 Å². The van der Waals surface area contributed by atoms with Crippen molar-refractivity contribution in [1.82, 2.24) is 15.1 Å². The predicted molar refractivity (Wildman–Crippen MR) is 91.9 cm³/mol. The molecule has 1 aromatic heterocycles. The fraction of sp³-hybridized carbons (Fsp3) is 0.579. The second-order valence-corrected chi connectivity index (χ2v) is 6.96. The molecule has 3 heterocycles. The molecule has 0 spiro atoms. The van der Waals surface area contributed by atoms with E-state index in [1.807, 2.05) is 24.3 Å². The van der Waals surface area contributed by atoms with E-state index in [1.54, 1.807) is 6.92 Å². The Morgan fingerprint density at radius 2 is 1.92 bits per heavy atom. The van der Waals surface area contributed by atoms with E-state index < -0.39 is 0 Å². The number of ether oxygens (including phenoxy) is 1. The number of hydrogen-bond donors (Lipinski definition) is 0. The summed E-state index contributed by atoms with van der Waals surface area (Å²) in [7, 11) is 0. The third-order valence-electron chi connectivity index (χ3n) is 5.32. The summed E-state index contributed by atoms with van der Waals surface area (Å²) in [5.41, 5.74) is 0.930. The lowest BCUT2D eigenvalue weighted by Crippen LogP contribution is -2.49. The fourth-order valence-corrected chi connectivity index (χ4v) is 4.08. The summed E-state index contributed by atoms with van der Waals surface area (Å²) >= 11 is 0. The van der Waals surface area contributed by atoms with Crippen LogP contribution >= 0.6 is 0 Å². The standard InChI is InChI=1S/C19H25N3O2/c1-14-20-21-19(24-14)15-7-9-17(10-8-15)23-13-16-5-4-12-22-11-3-2-6-18(16)22/h7-10,16,18H,2-6,11-13H2,1H3/t16-,18+/m0/s1. The first-order valence-electron chi connectivity index (χ1n) is 9.07. The van der Waals surface area contributed by atoms with E-state index in [-0.39, 0.29) is 0 Å². The van der Waals surface area contributed by atoms with Crippen LogP contribution in [-0.4, -0.2) is 40.8 Å². The first-order chi connectivity index (χ1) is 11.8. The van der Waals surface area contributed by atoms with Crippen molar-refractivity contribution in [1.29, 1.82) is 0 Å². The molecule has 0 bridgehead atoms. The van der Waals surface area contributed by atoms with Crippen LogP contribution in [0.1, 0.15) is 38.0 Å². The predicted octanol–water partition coefficient (Wildman–Crippen LogP) is 3.69. The van der Waals surface area contributed by atoms with Gasteiger partial charge in [-0.1, -0.05) is 6.42 Å². The molecule has 2 aromatic rings. The zero-order valence-electron chi connectivity index (χ0n) is 14.3. The summed E-state index contributed by atoms with van der Waals surface area (Å²) in [5.74, 6) is 2.73. The van der Waals surface area contributed by atoms with E-state index in [0.29, 0.717) is 17.7 Å². The Morgan fingerprint density at radius 1 is 1.08 bits per heavy atom. The monoisotopic (exact) mass is 327 g/mol. The van der Waals surface area contributed by atoms with E-state index in [2.05, 4.69) is 15.1 Å². The minimum atomic E-state index is 0.559. The van der Waals surface area contributed by atoms with Crippen LogP contribution in [0.4, 0.5) is 0 Å². The van der Waals surface area contributed by atoms with Crippen LogP contribution in [-0.2, 0) is 0 Å². The van der Waals surface area contributed by atoms with Crippen molar-refractivity contribution in [3.8, 4) is 17.2 Å². The normalized spacial score (nSPS) is 24.5. The first kappa shape index (κ1) is 15.6. The molecule has 2 saturated heterocycles. The van der Waals surface area contributed by atoms with Gasteiger partial charge >= 0.3 is 0 Å². The van der Waals surface area contributed by atoms with Gasteiger partial charge in [0.05, 0.1) is 6.61 Å². The molecule has 5 heteroatoms. The molecule has 2 aliphatic rings. The number of rotatable bonds is 4. The zero-order valence-corrected chi connectivity index (χ0v) is 14.3. The lowest BCUT2D eigenvalue weighted by Gasteiger charge is -2.44. The molecule has 4 rings (SSSR count). The summed E-state index contributed by atoms with van der Waals surface area (Å²) in [6, 6.07) is 8.69. The van der Waals surface area contributed by atoms with E-state index in [4.69, 9.17) is 9.15 Å². The molecule has 0 saturated carbocycles. The third kappa shape index (κ3) is 3.31. The van der Waals surface area contributed by atoms with Gasteiger partial charge in [-0.15, -0.1) is 10.2 Å². The number of aryl methyl sites for hydroxylation is 1. The van der Waals surface area contributed by atoms with Gasteiger partial charge in [-0.3, -0.25) is 4.90 Å². The molecule has 2 fully saturated rings. The van der Waals surface area contributed by atoms with Crippen molar-refractivity contribution in [2.24, 2.45) is 5.92 Å². The number of nitrogens with zero attached hydrogens (tertiary/aromatic N) is 3. The fourth-order valence-electron chi connectivity index (χ4n) is 4.08. The highest BCUT2D eigenvalue weighted by atomic mass is 16.5. The van der Waals surface area contributed by atoms with E-state index in [0.717, 1.165) is 24.0 Å². The average molecular weight is 327 g/mol. The van der Waals surface area contributed by atoms with Crippen molar-refractivity contribution in [2.75, 3.05) is 19.7 Å². The Labute approximate surface area is 143 Å². The molecule has 128 valence electrons. The summed E-state index contributed by atoms with van der Waals surface area (Å²) in [6.45, 7) is 5.17. The summed E-state index contributed by atoms with van der Waals surface area (Å²) in [5, 5.41) is 7.92. The SMILES string of the molecule is Cc1nnc(-c2ccc(OC[C@@H]3CCCN4CCCC[C@H]34)cc2)o1. The molecule has 0 aliphatic carbocycles. The molecule has 2 aliphatic heterocycles. The second kappa shape index (κ2) is 6.93. The van der Waals surface area contributed by atoms with Crippen LogP contribution in [0.5, 0.6) is 5.75 Å². The van der Waals surface area contributed by atoms with Crippen molar-refractivity contribution < 1.29 is 9.15 Å². The highest BCUT2D eigenvalue weighted by molar-refractivity contribution is 5.53. The molecule has 5 nitrogen and oxygen atoms in total. The van der Waals surface area contributed by atoms with Gasteiger partial charge in [-0.25, -0.2) is 0 Å². The molecule has 0 unspecified atom stereocenters. The number of aromatic nitrogens is 2. The summed E-state index contributed by atoms with van der Waals surface area (Å²) < 4.78 is 11.6. The largest absolute Gasteiger partial charge is 0.493 e. The molecule has 0 N–H and O–H groups in total. The first-order valence-corrected chi connectivity index (χ1v) is 9.07. The van der Waals surface area contributed by atoms with Crippen LogP contribution in [0.25, 0.3) is 11.5 Å². The maximum absolute atomic E-state index is 6.10. The molecular weight excluding hydrogens is 302 g/mol. The lowest BCUT2D eigenvalue weighted by molar-refractivity contribution is 0.0366. The van der Waals surface area contributed by atoms with Crippen LogP contribution in [0.2, 0.25) is 0 Å². The number of benzene rings is 1. The lowest BCUT2D eigenvalue weighted by atomic mass is 9.84. The second-order valence-electron chi connectivity index (χ2n) is 6.96. The molecule has 0 radical (unpaired) electrons. The Hall–Kier alpha value is -1.88. The van der Waals surface area contributed by atoms with Crippen LogP contribution in [0, 0.1) is 12.8 Å². The minimum Gasteiger partial charge on any atom is -0.493 e. The Balaban J connectivity index is 1.37. The minimum absolute atomic E-state index is 0.559. The van der Waals surface area contributed by atoms with Gasteiger partial charge in [0.1, 0.15) is 5.75 Å². The van der Waals surface area contributed by atoms with Gasteiger partial charge in [0.25, 0.3) is 0 Å². The molecule has 0 amide bonds. The molecular formula is C19H25N3O2. The number of piperidine rings is 2. The van der Waals surface area contributed by atoms with Crippen LogP contribution in [0.15, 0.2) is 28.7 Å². The van der Waals surface area contributed by atoms with Gasteiger partial charge in [0.2, 0.25) is 11.8 Å². The molecule has 1 aromatic carbocycles. The smallest absolute Gasteiger partial charge is 0.247 e. The summed E-state index contributed by atoms with van der Waals surface area (Å²) in [6.07, 6.45) is 6.67. The van der Waals surface area contributed by atoms with Crippen molar-refractivity contribution in [3.05, 3.63) is 30.2 Å².